The number of nitrogens with one attached hydrogen (secondary N) is 1. The molecule has 0 fully saturated rings. The molecule has 0 amide bonds. The first kappa shape index (κ1) is 22.4. The van der Waals surface area contributed by atoms with Crippen LogP contribution in [0.25, 0.3) is 22.4 Å². The summed E-state index contributed by atoms with van der Waals surface area (Å²) in [4.78, 5) is 7.86. The van der Waals surface area contributed by atoms with Crippen molar-refractivity contribution in [3.05, 3.63) is 53.1 Å². The Bertz CT molecular complexity index is 1170. The molecule has 31 heavy (non-hydrogen) atoms. The van der Waals surface area contributed by atoms with E-state index in [1.54, 1.807) is 12.1 Å². The number of nitriles is 2. The summed E-state index contributed by atoms with van der Waals surface area (Å²) >= 11 is 0. The first-order valence-electron chi connectivity index (χ1n) is 10.7. The maximum atomic E-state index is 9.23. The van der Waals surface area contributed by atoms with Crippen LogP contribution in [0.5, 0.6) is 0 Å². The minimum atomic E-state index is -1.76. The van der Waals surface area contributed by atoms with Gasteiger partial charge in [-0.05, 0) is 40.9 Å². The zero-order valence-electron chi connectivity index (χ0n) is 19.0. The highest BCUT2D eigenvalue weighted by Crippen LogP contribution is 2.40. The summed E-state index contributed by atoms with van der Waals surface area (Å²) in [6.07, 6.45) is 0. The minimum Gasteiger partial charge on any atom is -0.338 e. The van der Waals surface area contributed by atoms with Gasteiger partial charge in [-0.3, -0.25) is 0 Å². The maximum absolute atomic E-state index is 9.23. The monoisotopic (exact) mass is 424 g/mol. The first-order valence-corrected chi connectivity index (χ1v) is 12.9. The molecule has 5 heteroatoms. The van der Waals surface area contributed by atoms with Crippen molar-refractivity contribution in [3.8, 4) is 35.0 Å². The molecule has 0 bridgehead atoms. The molecule has 1 N–H and O–H groups in total. The van der Waals surface area contributed by atoms with Gasteiger partial charge in [-0.1, -0.05) is 59.6 Å². The second-order valence-corrected chi connectivity index (χ2v) is 14.5. The minimum absolute atomic E-state index is 0.340. The number of hydrogen-bond donors (Lipinski definition) is 1. The van der Waals surface area contributed by atoms with E-state index >= 15 is 0 Å². The smallest absolute Gasteiger partial charge is 0.146 e. The summed E-state index contributed by atoms with van der Waals surface area (Å²) in [5, 5.41) is 18.5. The molecule has 1 heterocycles. The first-order chi connectivity index (χ1) is 14.7. The van der Waals surface area contributed by atoms with Crippen LogP contribution in [0.4, 0.5) is 0 Å². The van der Waals surface area contributed by atoms with Gasteiger partial charge in [0.2, 0.25) is 0 Å². The van der Waals surface area contributed by atoms with E-state index in [4.69, 9.17) is 0 Å². The molecular formula is C26H28N4Si. The number of hydrogen-bond acceptors (Lipinski definition) is 3. The number of benzene rings is 2. The van der Waals surface area contributed by atoms with Crippen LogP contribution >= 0.6 is 0 Å². The van der Waals surface area contributed by atoms with E-state index in [2.05, 4.69) is 75.1 Å². The average molecular weight is 425 g/mol. The topological polar surface area (TPSA) is 76.3 Å². The lowest BCUT2D eigenvalue weighted by Gasteiger charge is -2.38. The van der Waals surface area contributed by atoms with Gasteiger partial charge in [0.25, 0.3) is 0 Å². The third kappa shape index (κ3) is 4.13. The van der Waals surface area contributed by atoms with Crippen molar-refractivity contribution in [2.45, 2.75) is 58.2 Å². The average Bonchev–Trinajstić information content (AvgIpc) is 3.15. The third-order valence-electron chi connectivity index (χ3n) is 6.31. The lowest BCUT2D eigenvalue weighted by molar-refractivity contribution is 0.838. The molecule has 2 aromatic carbocycles. The molecule has 3 rings (SSSR count). The van der Waals surface area contributed by atoms with Gasteiger partial charge in [0.1, 0.15) is 26.0 Å². The molecule has 1 aromatic heterocycles. The van der Waals surface area contributed by atoms with Crippen molar-refractivity contribution in [2.75, 3.05) is 0 Å². The second-order valence-electron chi connectivity index (χ2n) is 8.95. The quantitative estimate of drug-likeness (QED) is 0.381. The van der Waals surface area contributed by atoms with E-state index in [0.717, 1.165) is 16.6 Å². The summed E-state index contributed by atoms with van der Waals surface area (Å²) in [6.45, 7) is 13.9. The lowest BCUT2D eigenvalue weighted by Crippen LogP contribution is -2.43. The van der Waals surface area contributed by atoms with Gasteiger partial charge in [-0.25, -0.2) is 4.98 Å². The Morgan fingerprint density at radius 1 is 0.839 bits per heavy atom. The van der Waals surface area contributed by atoms with Crippen molar-refractivity contribution in [2.24, 2.45) is 0 Å². The predicted molar refractivity (Wildman–Crippen MR) is 129 cm³/mol. The van der Waals surface area contributed by atoms with Gasteiger partial charge in [0, 0.05) is 11.1 Å². The second kappa shape index (κ2) is 8.81. The zero-order valence-corrected chi connectivity index (χ0v) is 20.0. The number of H-pyrrole nitrogens is 1. The van der Waals surface area contributed by atoms with Gasteiger partial charge in [-0.15, -0.1) is 5.54 Å². The predicted octanol–water partition coefficient (Wildman–Crippen LogP) is 6.54. The molecule has 0 aliphatic carbocycles. The van der Waals surface area contributed by atoms with E-state index in [-0.39, 0.29) is 0 Å². The van der Waals surface area contributed by atoms with Gasteiger partial charge < -0.3 is 4.98 Å². The number of fused-ring (bicyclic) bond motifs is 1. The van der Waals surface area contributed by atoms with Crippen molar-refractivity contribution in [1.29, 1.82) is 10.5 Å². The van der Waals surface area contributed by atoms with Crippen LogP contribution in [0, 0.1) is 34.1 Å². The van der Waals surface area contributed by atoms with Gasteiger partial charge in [-0.2, -0.15) is 10.5 Å². The van der Waals surface area contributed by atoms with E-state index in [1.165, 1.54) is 0 Å². The Morgan fingerprint density at radius 3 is 1.90 bits per heavy atom. The summed E-state index contributed by atoms with van der Waals surface area (Å²) in [6, 6.07) is 15.6. The van der Waals surface area contributed by atoms with Crippen LogP contribution in [0.1, 0.15) is 58.2 Å². The van der Waals surface area contributed by atoms with Crippen LogP contribution in [-0.2, 0) is 0 Å². The Morgan fingerprint density at radius 2 is 1.39 bits per heavy atom. The van der Waals surface area contributed by atoms with Crippen LogP contribution in [0.15, 0.2) is 36.4 Å². The Balaban J connectivity index is 1.95. The normalized spacial score (nSPS) is 11.5. The fraction of sp³-hybridized carbons (Fsp3) is 0.346. The van der Waals surface area contributed by atoms with Crippen molar-refractivity contribution < 1.29 is 0 Å². The standard InChI is InChI=1S/C26H28N4Si/c1-17(2)31(18(3)4,19(5)6)12-11-20-7-9-21(10-8-20)26-29-24-13-22(15-27)23(16-28)14-25(24)30-26/h7-10,13-14,17-19H,1-6H3,(H,29,30). The number of nitrogens with zero attached hydrogens (tertiary/aromatic N) is 3. The van der Waals surface area contributed by atoms with Gasteiger partial charge in [0.05, 0.1) is 22.2 Å². The molecule has 4 nitrogen and oxygen atoms in total. The van der Waals surface area contributed by atoms with E-state index in [0.29, 0.717) is 39.1 Å². The Labute approximate surface area is 186 Å². The van der Waals surface area contributed by atoms with Crippen molar-refractivity contribution >= 4 is 19.1 Å². The maximum Gasteiger partial charge on any atom is 0.146 e. The van der Waals surface area contributed by atoms with Crippen LogP contribution < -0.4 is 0 Å². The summed E-state index contributed by atoms with van der Waals surface area (Å²) < 4.78 is 0. The summed E-state index contributed by atoms with van der Waals surface area (Å²) in [5.74, 6) is 4.19. The lowest BCUT2D eigenvalue weighted by atomic mass is 10.1. The van der Waals surface area contributed by atoms with Crippen molar-refractivity contribution in [1.82, 2.24) is 9.97 Å². The fourth-order valence-corrected chi connectivity index (χ4v) is 9.93. The molecule has 0 radical (unpaired) electrons. The molecule has 0 saturated heterocycles. The highest BCUT2D eigenvalue weighted by atomic mass is 28.3. The number of aromatic nitrogens is 2. The molecule has 0 spiro atoms. The van der Waals surface area contributed by atoms with Gasteiger partial charge in [0.15, 0.2) is 0 Å². The highest BCUT2D eigenvalue weighted by molar-refractivity contribution is 6.90. The molecule has 0 aliphatic heterocycles. The molecule has 0 saturated carbocycles. The number of aromatic amines is 1. The Hall–Kier alpha value is -3.33. The number of imidazole rings is 1. The molecule has 3 aromatic rings. The summed E-state index contributed by atoms with van der Waals surface area (Å²) in [7, 11) is -1.76. The van der Waals surface area contributed by atoms with Crippen LogP contribution in [-0.4, -0.2) is 18.0 Å². The van der Waals surface area contributed by atoms with E-state index in [1.807, 2.05) is 24.3 Å². The fourth-order valence-electron chi connectivity index (χ4n) is 4.70. The molecule has 0 unspecified atom stereocenters. The zero-order chi connectivity index (χ0) is 22.8. The van der Waals surface area contributed by atoms with Crippen LogP contribution in [0.2, 0.25) is 16.6 Å². The highest BCUT2D eigenvalue weighted by Gasteiger charge is 2.41. The number of rotatable bonds is 4. The molecule has 0 aliphatic rings. The Kier molecular flexibility index (Phi) is 6.35. The SMILES string of the molecule is CC(C)[Si](C#Cc1ccc(-c2nc3cc(C#N)c(C#N)cc3[nH]2)cc1)(C(C)C)C(C)C. The largest absolute Gasteiger partial charge is 0.338 e. The van der Waals surface area contributed by atoms with Crippen LogP contribution in [0.3, 0.4) is 0 Å². The third-order valence-corrected chi connectivity index (χ3v) is 12.6. The van der Waals surface area contributed by atoms with Crippen molar-refractivity contribution in [3.63, 3.8) is 0 Å². The van der Waals surface area contributed by atoms with E-state index < -0.39 is 8.07 Å². The van der Waals surface area contributed by atoms with Gasteiger partial charge >= 0.3 is 0 Å². The molecular weight excluding hydrogens is 396 g/mol. The van der Waals surface area contributed by atoms with E-state index in [9.17, 15) is 10.5 Å². The molecule has 0 atom stereocenters. The summed E-state index contributed by atoms with van der Waals surface area (Å²) in [5.41, 5.74) is 9.64. The molecule has 156 valence electrons.